The number of rotatable bonds is 0. The fraction of sp³-hybridized carbons (Fsp3) is 0. The van der Waals surface area contributed by atoms with Gasteiger partial charge in [-0.15, -0.1) is 0 Å². The molecule has 0 aliphatic heterocycles. The normalized spacial score (nSPS) is 11.4. The van der Waals surface area contributed by atoms with Crippen LogP contribution in [-0.4, -0.2) is 23.9 Å². The third-order valence-electron chi connectivity index (χ3n) is 0. The molecule has 0 N–H and O–H groups in total. The Morgan fingerprint density at radius 1 is 0.238 bits per heavy atom. The smallest absolute Gasteiger partial charge is 0.264 e. The second-order valence-electron chi connectivity index (χ2n) is 1.51. The molecule has 0 unspecified atom stereocenters. The van der Waals surface area contributed by atoms with Crippen LogP contribution in [0.25, 0.3) is 0 Å². The van der Waals surface area contributed by atoms with Gasteiger partial charge in [-0.3, -0.25) is 67.2 Å². The summed E-state index contributed by atoms with van der Waals surface area (Å²) < 4.78 is 137. The molecule has 0 heterocycles. The molecule has 0 amide bonds. The Balaban J connectivity index is -0.0000000533. The van der Waals surface area contributed by atoms with Crippen molar-refractivity contribution < 1.29 is 124 Å². The van der Waals surface area contributed by atoms with Gasteiger partial charge in [-0.1, -0.05) is 0 Å². The van der Waals surface area contributed by atoms with E-state index < -0.39 is 56.4 Å². The fourth-order valence-electron chi connectivity index (χ4n) is 0. The number of hydrogen-bond acceptors (Lipinski definition) is 16. The molecule has 21 heavy (non-hydrogen) atoms. The molecule has 0 fully saturated rings. The van der Waals surface area contributed by atoms with Gasteiger partial charge in [0.1, 0.15) is 0 Å². The van der Waals surface area contributed by atoms with Gasteiger partial charge < -0.3 is 0 Å². The van der Waals surface area contributed by atoms with Crippen LogP contribution in [0.1, 0.15) is 0 Å². The van der Waals surface area contributed by atoms with E-state index in [1.807, 2.05) is 0 Å². The molecule has 0 saturated carbocycles. The van der Waals surface area contributed by atoms with Crippen molar-refractivity contribution in [3.8, 4) is 0 Å². The van der Waals surface area contributed by atoms with Crippen LogP contribution in [0.2, 0.25) is 0 Å². The zero-order valence-corrected chi connectivity index (χ0v) is 17.7. The van der Waals surface area contributed by atoms with Crippen LogP contribution in [-0.2, 0) is 0 Å². The van der Waals surface area contributed by atoms with E-state index >= 15 is 0 Å². The van der Waals surface area contributed by atoms with Crippen molar-refractivity contribution >= 4 is 23.9 Å². The van der Waals surface area contributed by atoms with Crippen molar-refractivity contribution in [1.29, 1.82) is 0 Å². The summed E-state index contributed by atoms with van der Waals surface area (Å²) in [4.78, 5) is 0. The monoisotopic (exact) mass is 691 g/mol. The third-order valence-corrected chi connectivity index (χ3v) is 0. The summed E-state index contributed by atoms with van der Waals surface area (Å²) in [6.07, 6.45) is 0. The molecule has 16 nitrogen and oxygen atoms in total. The molecule has 0 aliphatic rings. The zero-order chi connectivity index (χ0) is 18.0. The topological polar surface area (TPSA) is 369 Å². The van der Waals surface area contributed by atoms with Gasteiger partial charge in [0.2, 0.25) is 0 Å². The molecule has 0 rings (SSSR count). The maximum atomic E-state index is 8.58. The minimum absolute atomic E-state index is 0. The van der Waals surface area contributed by atoms with Crippen molar-refractivity contribution in [2.75, 3.05) is 0 Å². The van der Waals surface area contributed by atoms with E-state index in [1.165, 1.54) is 0 Å². The predicted molar refractivity (Wildman–Crippen MR) is 5.75 cm³/mol. The van der Waals surface area contributed by atoms with Crippen molar-refractivity contribution in [2.24, 2.45) is 0 Å². The summed E-state index contributed by atoms with van der Waals surface area (Å²) in [6.45, 7) is 0. The van der Waals surface area contributed by atoms with Crippen LogP contribution in [0.15, 0.2) is 0 Å². The average molecular weight is 694 g/mol. The summed E-state index contributed by atoms with van der Waals surface area (Å²) >= 11 is -22.5. The summed E-state index contributed by atoms with van der Waals surface area (Å²) in [7, 11) is 0. The molecule has 21 heteroatoms. The first-order chi connectivity index (χ1) is 8.00. The molecule has 128 valence electrons. The van der Waals surface area contributed by atoms with Gasteiger partial charge in [0.25, 0.3) is 0 Å². The third kappa shape index (κ3) is 2060. The van der Waals surface area contributed by atoms with Gasteiger partial charge in [0.05, 0.1) is 56.4 Å². The number of halogens is 4. The van der Waals surface area contributed by atoms with E-state index in [0.717, 1.165) is 0 Å². The number of hydrogen-bond donors (Lipinski definition) is 0. The molecule has 0 aromatic carbocycles. The first kappa shape index (κ1) is 34.4. The maximum absolute atomic E-state index is 8.58. The van der Waals surface area contributed by atoms with Gasteiger partial charge in [0.15, 0.2) is 0 Å². The Kier molecular flexibility index (Phi) is 23.6. The minimum atomic E-state index is -5.62. The Labute approximate surface area is 146 Å². The Hall–Kier alpha value is 2.08. The second-order valence-corrected chi connectivity index (χ2v) is 7.86. The quantitative estimate of drug-likeness (QED) is 0.212. The molecule has 0 bridgehead atoms. The second kappa shape index (κ2) is 14.4. The molecule has 0 saturated heterocycles. The van der Waals surface area contributed by atoms with Crippen LogP contribution in [0.5, 0.6) is 0 Å². The van der Waals surface area contributed by atoms with Crippen LogP contribution >= 0.6 is 0 Å². The minimum Gasteiger partial charge on any atom is -0.264 e. The van der Waals surface area contributed by atoms with Crippen molar-refractivity contribution in [2.45, 2.75) is 0 Å². The summed E-state index contributed by atoms with van der Waals surface area (Å²) in [5.74, 6) is 0. The first-order valence-corrected chi connectivity index (χ1v) is 12.8. The van der Waals surface area contributed by atoms with Gasteiger partial charge in [-0.25, -0.2) is 0 Å². The molecule has 0 radical (unpaired) electrons. The van der Waals surface area contributed by atoms with E-state index in [2.05, 4.69) is 0 Å². The largest absolute Gasteiger partial charge is 4.00 e. The first-order valence-electron chi connectivity index (χ1n) is 2.47. The molecule has 0 aromatic heterocycles. The van der Waals surface area contributed by atoms with Crippen molar-refractivity contribution in [3.05, 3.63) is 0 Å². The summed E-state index contributed by atoms with van der Waals surface area (Å²) in [5, 5.41) is 0. The molecular formula is Br4O16Sn. The maximum Gasteiger partial charge on any atom is 4.00 e. The Morgan fingerprint density at radius 3 is 0.238 bits per heavy atom. The van der Waals surface area contributed by atoms with E-state index in [9.17, 15) is 0 Å². The van der Waals surface area contributed by atoms with Gasteiger partial charge >= 0.3 is 23.9 Å². The molecular weight excluding hydrogens is 694 g/mol. The van der Waals surface area contributed by atoms with Gasteiger partial charge in [-0.2, -0.15) is 0 Å². The Bertz CT molecular complexity index is 130. The van der Waals surface area contributed by atoms with E-state index in [0.29, 0.717) is 0 Å². The van der Waals surface area contributed by atoms with Gasteiger partial charge in [0, 0.05) is 0 Å². The molecule has 0 aromatic rings. The van der Waals surface area contributed by atoms with E-state index in [-0.39, 0.29) is 23.9 Å². The van der Waals surface area contributed by atoms with Crippen molar-refractivity contribution in [3.63, 3.8) is 0 Å². The van der Waals surface area contributed by atoms with Crippen LogP contribution in [0, 0.1) is 56.4 Å². The van der Waals surface area contributed by atoms with Crippen LogP contribution in [0.4, 0.5) is 0 Å². The average Bonchev–Trinajstić information content (AvgIpc) is 1.62. The summed E-state index contributed by atoms with van der Waals surface area (Å²) in [5.41, 5.74) is 0. The molecule has 0 atom stereocenters. The summed E-state index contributed by atoms with van der Waals surface area (Å²) in [6, 6.07) is 0. The Morgan fingerprint density at radius 2 is 0.238 bits per heavy atom. The van der Waals surface area contributed by atoms with Crippen LogP contribution in [0.3, 0.4) is 0 Å². The zero-order valence-electron chi connectivity index (χ0n) is 8.54. The predicted octanol–water partition coefficient (Wildman–Crippen LogP) is -19.4. The molecule has 0 spiro atoms. The molecule has 0 aliphatic carbocycles. The van der Waals surface area contributed by atoms with E-state index in [1.54, 1.807) is 0 Å². The SMILES string of the molecule is [O-][Br+3]([O-])([O-])[O-].[O-][Br+3]([O-])([O-])[O-].[O-][Br+3]([O-])([O-])[O-].[O-][Br+3]([O-])([O-])[O-].[Sn+4]. The standard InChI is InChI=1S/4BrO4.Sn/c4*2-1(3,4)5;/q4*-1;+4. The van der Waals surface area contributed by atoms with Crippen LogP contribution < -0.4 is 67.2 Å². The fourth-order valence-corrected chi connectivity index (χ4v) is 0. The van der Waals surface area contributed by atoms with Crippen molar-refractivity contribution in [1.82, 2.24) is 0 Å². The van der Waals surface area contributed by atoms with Gasteiger partial charge in [-0.05, 0) is 0 Å². The van der Waals surface area contributed by atoms with E-state index in [4.69, 9.17) is 67.2 Å².